The summed E-state index contributed by atoms with van der Waals surface area (Å²) in [5.41, 5.74) is 6.55. The minimum Gasteiger partial charge on any atom is -0.324 e. The van der Waals surface area contributed by atoms with Gasteiger partial charge >= 0.3 is 0 Å². The van der Waals surface area contributed by atoms with Crippen LogP contribution in [0.25, 0.3) is 22.1 Å². The highest BCUT2D eigenvalue weighted by Crippen LogP contribution is 2.26. The molecule has 1 aromatic carbocycles. The van der Waals surface area contributed by atoms with Gasteiger partial charge < -0.3 is 4.57 Å². The van der Waals surface area contributed by atoms with E-state index >= 15 is 0 Å². The van der Waals surface area contributed by atoms with Crippen molar-refractivity contribution in [2.45, 2.75) is 19.9 Å². The molecule has 0 atom stereocenters. The number of nitrogens with zero attached hydrogens (tertiary/aromatic N) is 6. The molecule has 25 heavy (non-hydrogen) atoms. The lowest BCUT2D eigenvalue weighted by atomic mass is 10.2. The molecule has 3 aromatic heterocycles. The van der Waals surface area contributed by atoms with Crippen LogP contribution in [0, 0.1) is 0 Å². The Morgan fingerprint density at radius 1 is 1.12 bits per heavy atom. The van der Waals surface area contributed by atoms with E-state index in [9.17, 15) is 0 Å². The molecule has 4 aromatic rings. The molecule has 7 nitrogen and oxygen atoms in total. The number of fused-ring (bicyclic) bond motifs is 3. The number of rotatable bonds is 5. The number of para-hydroxylation sites is 1. The Balaban J connectivity index is 1.71. The van der Waals surface area contributed by atoms with E-state index in [1.54, 1.807) is 18.6 Å². The van der Waals surface area contributed by atoms with Crippen molar-refractivity contribution in [2.75, 3.05) is 5.43 Å². The Kier molecular flexibility index (Phi) is 4.04. The Bertz CT molecular complexity index is 1040. The second-order valence-corrected chi connectivity index (χ2v) is 5.63. The number of hydrogen-bond donors (Lipinski definition) is 1. The van der Waals surface area contributed by atoms with Gasteiger partial charge in [0.1, 0.15) is 5.52 Å². The van der Waals surface area contributed by atoms with Crippen molar-refractivity contribution in [3.63, 3.8) is 0 Å². The van der Waals surface area contributed by atoms with E-state index in [1.807, 2.05) is 24.3 Å². The quantitative estimate of drug-likeness (QED) is 0.448. The van der Waals surface area contributed by atoms with Gasteiger partial charge in [-0.1, -0.05) is 25.1 Å². The summed E-state index contributed by atoms with van der Waals surface area (Å²) in [4.78, 5) is 8.59. The summed E-state index contributed by atoms with van der Waals surface area (Å²) in [6.07, 6.45) is 6.14. The van der Waals surface area contributed by atoms with Crippen LogP contribution in [0.3, 0.4) is 0 Å². The predicted molar refractivity (Wildman–Crippen MR) is 98.6 cm³/mol. The molecule has 0 aliphatic heterocycles. The van der Waals surface area contributed by atoms with Gasteiger partial charge in [0.15, 0.2) is 5.65 Å². The molecule has 0 unspecified atom stereocenters. The molecule has 0 amide bonds. The standard InChI is InChI=1S/C18H17N7/c1-2-11-25-15-6-4-3-5-14(15)16-17(25)21-18(24-22-16)23-20-12-13-7-9-19-10-8-13/h3-10,12H,2,11H2,1H3,(H,21,23,24)/b20-12+. The lowest BCUT2D eigenvalue weighted by molar-refractivity contribution is 0.716. The maximum absolute atomic E-state index is 4.61. The third-order valence-corrected chi connectivity index (χ3v) is 3.91. The van der Waals surface area contributed by atoms with Gasteiger partial charge in [0.25, 0.3) is 5.95 Å². The fourth-order valence-corrected chi connectivity index (χ4v) is 2.81. The zero-order chi connectivity index (χ0) is 17.1. The van der Waals surface area contributed by atoms with Gasteiger partial charge in [-0.15, -0.1) is 10.2 Å². The summed E-state index contributed by atoms with van der Waals surface area (Å²) >= 11 is 0. The number of aryl methyl sites for hydroxylation is 1. The van der Waals surface area contributed by atoms with Crippen LogP contribution < -0.4 is 5.43 Å². The number of hydrazone groups is 1. The summed E-state index contributed by atoms with van der Waals surface area (Å²) < 4.78 is 2.18. The van der Waals surface area contributed by atoms with Crippen LogP contribution in [0.2, 0.25) is 0 Å². The summed E-state index contributed by atoms with van der Waals surface area (Å²) in [5.74, 6) is 0.373. The molecule has 0 bridgehead atoms. The van der Waals surface area contributed by atoms with E-state index in [0.717, 1.165) is 40.6 Å². The number of anilines is 1. The molecular formula is C18H17N7. The van der Waals surface area contributed by atoms with E-state index in [-0.39, 0.29) is 0 Å². The highest BCUT2D eigenvalue weighted by Gasteiger charge is 2.13. The fourth-order valence-electron chi connectivity index (χ4n) is 2.81. The summed E-state index contributed by atoms with van der Waals surface area (Å²) in [6, 6.07) is 11.9. The highest BCUT2D eigenvalue weighted by atomic mass is 15.4. The summed E-state index contributed by atoms with van der Waals surface area (Å²) in [7, 11) is 0. The first kappa shape index (κ1) is 15.2. The first-order valence-corrected chi connectivity index (χ1v) is 8.17. The lowest BCUT2D eigenvalue weighted by Gasteiger charge is -2.04. The first-order valence-electron chi connectivity index (χ1n) is 8.17. The van der Waals surface area contributed by atoms with E-state index in [4.69, 9.17) is 0 Å². The molecule has 1 N–H and O–H groups in total. The number of pyridine rings is 1. The van der Waals surface area contributed by atoms with Crippen molar-refractivity contribution in [3.8, 4) is 0 Å². The maximum Gasteiger partial charge on any atom is 0.265 e. The first-order chi connectivity index (χ1) is 12.4. The monoisotopic (exact) mass is 331 g/mol. The Morgan fingerprint density at radius 2 is 1.96 bits per heavy atom. The van der Waals surface area contributed by atoms with Gasteiger partial charge in [-0.2, -0.15) is 10.1 Å². The van der Waals surface area contributed by atoms with Crippen LogP contribution in [0.5, 0.6) is 0 Å². The zero-order valence-electron chi connectivity index (χ0n) is 13.8. The minimum absolute atomic E-state index is 0.373. The van der Waals surface area contributed by atoms with E-state index in [1.165, 1.54) is 0 Å². The average molecular weight is 331 g/mol. The Labute approximate surface area is 144 Å². The molecule has 0 fully saturated rings. The van der Waals surface area contributed by atoms with E-state index in [0.29, 0.717) is 5.95 Å². The van der Waals surface area contributed by atoms with Crippen molar-refractivity contribution < 1.29 is 0 Å². The van der Waals surface area contributed by atoms with Gasteiger partial charge in [-0.25, -0.2) is 5.43 Å². The number of nitrogens with one attached hydrogen (secondary N) is 1. The van der Waals surface area contributed by atoms with Gasteiger partial charge in [0.05, 0.1) is 11.7 Å². The van der Waals surface area contributed by atoms with Crippen LogP contribution in [-0.2, 0) is 6.54 Å². The third-order valence-electron chi connectivity index (χ3n) is 3.91. The second kappa shape index (κ2) is 6.64. The van der Waals surface area contributed by atoms with Crippen molar-refractivity contribution in [1.29, 1.82) is 0 Å². The molecule has 0 aliphatic rings. The molecule has 0 spiro atoms. The van der Waals surface area contributed by atoms with Crippen LogP contribution in [0.15, 0.2) is 53.9 Å². The van der Waals surface area contributed by atoms with Crippen molar-refractivity contribution in [2.24, 2.45) is 5.10 Å². The van der Waals surface area contributed by atoms with Gasteiger partial charge in [-0.05, 0) is 30.2 Å². The van der Waals surface area contributed by atoms with Crippen molar-refractivity contribution >= 4 is 34.2 Å². The van der Waals surface area contributed by atoms with Crippen LogP contribution in [0.1, 0.15) is 18.9 Å². The molecule has 0 saturated carbocycles. The van der Waals surface area contributed by atoms with Gasteiger partial charge in [0, 0.05) is 24.3 Å². The molecule has 0 saturated heterocycles. The molecule has 7 heteroatoms. The maximum atomic E-state index is 4.61. The fraction of sp³-hybridized carbons (Fsp3) is 0.167. The number of benzene rings is 1. The van der Waals surface area contributed by atoms with Crippen LogP contribution in [0.4, 0.5) is 5.95 Å². The highest BCUT2D eigenvalue weighted by molar-refractivity contribution is 6.04. The average Bonchev–Trinajstić information content (AvgIpc) is 2.97. The van der Waals surface area contributed by atoms with Crippen LogP contribution >= 0.6 is 0 Å². The third kappa shape index (κ3) is 2.91. The lowest BCUT2D eigenvalue weighted by Crippen LogP contribution is -2.03. The molecule has 4 rings (SSSR count). The van der Waals surface area contributed by atoms with Gasteiger partial charge in [-0.3, -0.25) is 4.98 Å². The number of aromatic nitrogens is 5. The topological polar surface area (TPSA) is 80.9 Å². The second-order valence-electron chi connectivity index (χ2n) is 5.63. The number of hydrogen-bond acceptors (Lipinski definition) is 6. The molecule has 0 aliphatic carbocycles. The van der Waals surface area contributed by atoms with E-state index < -0.39 is 0 Å². The van der Waals surface area contributed by atoms with E-state index in [2.05, 4.69) is 54.3 Å². The van der Waals surface area contributed by atoms with Crippen molar-refractivity contribution in [3.05, 3.63) is 54.4 Å². The van der Waals surface area contributed by atoms with Crippen LogP contribution in [-0.4, -0.2) is 30.9 Å². The summed E-state index contributed by atoms with van der Waals surface area (Å²) in [5, 5.41) is 13.7. The zero-order valence-corrected chi connectivity index (χ0v) is 13.8. The molecule has 3 heterocycles. The normalized spacial score (nSPS) is 11.6. The molecule has 124 valence electrons. The summed E-state index contributed by atoms with van der Waals surface area (Å²) in [6.45, 7) is 3.02. The largest absolute Gasteiger partial charge is 0.324 e. The molecule has 0 radical (unpaired) electrons. The SMILES string of the molecule is CCCn1c2ccccc2c2nnc(N/N=C/c3ccncc3)nc21. The smallest absolute Gasteiger partial charge is 0.265 e. The minimum atomic E-state index is 0.373. The van der Waals surface area contributed by atoms with Gasteiger partial charge in [0.2, 0.25) is 0 Å². The predicted octanol–water partition coefficient (Wildman–Crippen LogP) is 3.23. The Hall–Kier alpha value is -3.35. The van der Waals surface area contributed by atoms with Crippen molar-refractivity contribution in [1.82, 2.24) is 24.7 Å². The Morgan fingerprint density at radius 3 is 2.80 bits per heavy atom. The molecular weight excluding hydrogens is 314 g/mol.